The van der Waals surface area contributed by atoms with E-state index in [0.717, 1.165) is 13.2 Å². The van der Waals surface area contributed by atoms with E-state index in [1.54, 1.807) is 0 Å². The molecule has 0 atom stereocenters. The molecule has 1 radical (unpaired) electrons. The number of hydrogen-bond acceptors (Lipinski definition) is 2. The third-order valence-corrected chi connectivity index (χ3v) is 1.34. The largest absolute Gasteiger partial charge is 0.362 e. The number of hydrogen-bond donors (Lipinski definition) is 0. The summed E-state index contributed by atoms with van der Waals surface area (Å²) in [6, 6.07) is 0. The van der Waals surface area contributed by atoms with Crippen molar-refractivity contribution in [3.63, 3.8) is 0 Å². The fraction of sp³-hybridized carbons (Fsp3) is 0.667. The Morgan fingerprint density at radius 2 is 2.11 bits per heavy atom. The van der Waals surface area contributed by atoms with E-state index in [2.05, 4.69) is 36.2 Å². The van der Waals surface area contributed by atoms with Gasteiger partial charge in [-0.25, -0.2) is 0 Å². The molecule has 0 saturated heterocycles. The standard InChI is InChI=1S/C6H12N2.Y/c1-3-8-5-4-7(2)6-8;/h4-5H,3,6H2,1-2H3;. The maximum absolute atomic E-state index is 2.25. The van der Waals surface area contributed by atoms with E-state index in [-0.39, 0.29) is 32.7 Å². The quantitative estimate of drug-likeness (QED) is 0.615. The van der Waals surface area contributed by atoms with Crippen LogP contribution < -0.4 is 0 Å². The molecule has 3 heteroatoms. The first-order valence-corrected chi connectivity index (χ1v) is 2.95. The van der Waals surface area contributed by atoms with Gasteiger partial charge in [0.15, 0.2) is 0 Å². The molecule has 2 nitrogen and oxygen atoms in total. The minimum absolute atomic E-state index is 0. The van der Waals surface area contributed by atoms with Crippen molar-refractivity contribution in [3.8, 4) is 0 Å². The molecular weight excluding hydrogens is 189 g/mol. The third-order valence-electron chi connectivity index (χ3n) is 1.34. The van der Waals surface area contributed by atoms with Crippen LogP contribution in [0.2, 0.25) is 0 Å². The predicted octanol–water partition coefficient (Wildman–Crippen LogP) is 0.680. The van der Waals surface area contributed by atoms with E-state index < -0.39 is 0 Å². The SMILES string of the molecule is CCN1C=CN(C)C1.[Y]. The molecule has 1 heterocycles. The van der Waals surface area contributed by atoms with Crippen LogP contribution in [-0.4, -0.2) is 30.1 Å². The average molecular weight is 201 g/mol. The fourth-order valence-corrected chi connectivity index (χ4v) is 0.794. The zero-order chi connectivity index (χ0) is 5.98. The number of nitrogens with zero attached hydrogens (tertiary/aromatic N) is 2. The van der Waals surface area contributed by atoms with Gasteiger partial charge in [-0.15, -0.1) is 0 Å². The number of rotatable bonds is 1. The summed E-state index contributed by atoms with van der Waals surface area (Å²) in [6.07, 6.45) is 4.20. The van der Waals surface area contributed by atoms with Crippen molar-refractivity contribution < 1.29 is 32.7 Å². The molecule has 0 spiro atoms. The van der Waals surface area contributed by atoms with Gasteiger partial charge in [0.05, 0.1) is 6.67 Å². The van der Waals surface area contributed by atoms with Crippen molar-refractivity contribution in [3.05, 3.63) is 12.4 Å². The Hall–Kier alpha value is 0.444. The smallest absolute Gasteiger partial charge is 0.0890 e. The van der Waals surface area contributed by atoms with Crippen molar-refractivity contribution in [2.24, 2.45) is 0 Å². The van der Waals surface area contributed by atoms with Crippen LogP contribution in [0.15, 0.2) is 12.4 Å². The van der Waals surface area contributed by atoms with Gasteiger partial charge in [0.2, 0.25) is 0 Å². The van der Waals surface area contributed by atoms with Gasteiger partial charge in [0.1, 0.15) is 0 Å². The minimum Gasteiger partial charge on any atom is -0.362 e. The zero-order valence-electron chi connectivity index (χ0n) is 6.04. The van der Waals surface area contributed by atoms with Crippen LogP contribution in [0.1, 0.15) is 6.92 Å². The average Bonchev–Trinajstić information content (AvgIpc) is 2.14. The van der Waals surface area contributed by atoms with Crippen LogP contribution in [0, 0.1) is 0 Å². The van der Waals surface area contributed by atoms with E-state index in [4.69, 9.17) is 0 Å². The van der Waals surface area contributed by atoms with Crippen molar-refractivity contribution in [1.29, 1.82) is 0 Å². The topological polar surface area (TPSA) is 6.48 Å². The first kappa shape index (κ1) is 9.44. The van der Waals surface area contributed by atoms with E-state index in [0.29, 0.717) is 0 Å². The Labute approximate surface area is 81.8 Å². The van der Waals surface area contributed by atoms with Gasteiger partial charge in [0, 0.05) is 58.7 Å². The van der Waals surface area contributed by atoms with Crippen LogP contribution >= 0.6 is 0 Å². The second-order valence-electron chi connectivity index (χ2n) is 2.10. The summed E-state index contributed by atoms with van der Waals surface area (Å²) >= 11 is 0. The van der Waals surface area contributed by atoms with Gasteiger partial charge >= 0.3 is 0 Å². The van der Waals surface area contributed by atoms with Crippen LogP contribution in [0.3, 0.4) is 0 Å². The second kappa shape index (κ2) is 4.29. The normalized spacial score (nSPS) is 16.2. The van der Waals surface area contributed by atoms with Gasteiger partial charge in [-0.1, -0.05) is 0 Å². The molecule has 49 valence electrons. The second-order valence-corrected chi connectivity index (χ2v) is 2.10. The van der Waals surface area contributed by atoms with Crippen molar-refractivity contribution in [1.82, 2.24) is 9.80 Å². The van der Waals surface area contributed by atoms with Gasteiger partial charge in [-0.2, -0.15) is 0 Å². The molecule has 0 saturated carbocycles. The zero-order valence-corrected chi connectivity index (χ0v) is 8.88. The molecule has 1 aliphatic heterocycles. The molecule has 0 N–H and O–H groups in total. The molecule has 1 rings (SSSR count). The summed E-state index contributed by atoms with van der Waals surface area (Å²) in [6.45, 7) is 4.32. The summed E-state index contributed by atoms with van der Waals surface area (Å²) in [7, 11) is 2.08. The van der Waals surface area contributed by atoms with Crippen LogP contribution in [-0.2, 0) is 32.7 Å². The maximum Gasteiger partial charge on any atom is 0.0890 e. The van der Waals surface area contributed by atoms with E-state index in [1.165, 1.54) is 0 Å². The Morgan fingerprint density at radius 1 is 1.44 bits per heavy atom. The van der Waals surface area contributed by atoms with E-state index in [9.17, 15) is 0 Å². The molecular formula is C6H12N2Y. The van der Waals surface area contributed by atoms with E-state index in [1.807, 2.05) is 0 Å². The Morgan fingerprint density at radius 3 is 2.33 bits per heavy atom. The first-order valence-electron chi connectivity index (χ1n) is 2.95. The van der Waals surface area contributed by atoms with Crippen molar-refractivity contribution in [2.45, 2.75) is 6.92 Å². The molecule has 0 fully saturated rings. The van der Waals surface area contributed by atoms with E-state index >= 15 is 0 Å². The molecule has 9 heavy (non-hydrogen) atoms. The monoisotopic (exact) mass is 201 g/mol. The van der Waals surface area contributed by atoms with Gasteiger partial charge in [-0.3, -0.25) is 0 Å². The van der Waals surface area contributed by atoms with Crippen LogP contribution in [0.5, 0.6) is 0 Å². The van der Waals surface area contributed by atoms with Gasteiger partial charge < -0.3 is 9.80 Å². The molecule has 1 aliphatic rings. The molecule has 0 amide bonds. The Balaban J connectivity index is 0.000000640. The summed E-state index contributed by atoms with van der Waals surface area (Å²) in [5.74, 6) is 0. The maximum atomic E-state index is 2.25. The molecule has 0 aromatic rings. The molecule has 0 aromatic heterocycles. The van der Waals surface area contributed by atoms with Crippen molar-refractivity contribution >= 4 is 0 Å². The molecule has 0 aromatic carbocycles. The summed E-state index contributed by atoms with van der Waals surface area (Å²) in [4.78, 5) is 4.41. The van der Waals surface area contributed by atoms with Gasteiger partial charge in [-0.05, 0) is 6.92 Å². The van der Waals surface area contributed by atoms with Crippen molar-refractivity contribution in [2.75, 3.05) is 20.3 Å². The minimum atomic E-state index is 0. The van der Waals surface area contributed by atoms with Crippen LogP contribution in [0.25, 0.3) is 0 Å². The molecule has 0 bridgehead atoms. The molecule has 0 unspecified atom stereocenters. The Kier molecular flexibility index (Phi) is 4.50. The van der Waals surface area contributed by atoms with Crippen LogP contribution in [0.4, 0.5) is 0 Å². The Bertz CT molecular complexity index is 103. The summed E-state index contributed by atoms with van der Waals surface area (Å²) < 4.78 is 0. The molecule has 0 aliphatic carbocycles. The summed E-state index contributed by atoms with van der Waals surface area (Å²) in [5, 5.41) is 0. The third kappa shape index (κ3) is 2.68. The predicted molar refractivity (Wildman–Crippen MR) is 34.1 cm³/mol. The summed E-state index contributed by atoms with van der Waals surface area (Å²) in [5.41, 5.74) is 0. The first-order chi connectivity index (χ1) is 3.83. The van der Waals surface area contributed by atoms with Gasteiger partial charge in [0.25, 0.3) is 0 Å². The fourth-order valence-electron chi connectivity index (χ4n) is 0.794.